The van der Waals surface area contributed by atoms with E-state index in [4.69, 9.17) is 4.74 Å². The minimum Gasteiger partial charge on any atom is -0.385 e. The summed E-state index contributed by atoms with van der Waals surface area (Å²) in [5.74, 6) is -0.0106. The molecule has 4 heteroatoms. The first-order valence-corrected chi connectivity index (χ1v) is 7.61. The molecule has 0 aliphatic rings. The molecule has 0 bridgehead atoms. The van der Waals surface area contributed by atoms with Crippen LogP contribution in [0.15, 0.2) is 36.4 Å². The molecule has 0 aliphatic heterocycles. The van der Waals surface area contributed by atoms with Crippen LogP contribution < -0.4 is 5.32 Å². The Hall–Kier alpha value is -2.07. The molecule has 0 radical (unpaired) electrons. The highest BCUT2D eigenvalue weighted by Gasteiger charge is 2.15. The Bertz CT molecular complexity index is 618. The van der Waals surface area contributed by atoms with E-state index in [2.05, 4.69) is 22.0 Å². The fourth-order valence-electron chi connectivity index (χ4n) is 2.55. The number of nitrogens with zero attached hydrogens (tertiary/aromatic N) is 1. The number of nitrogens with one attached hydrogen (secondary N) is 1. The summed E-state index contributed by atoms with van der Waals surface area (Å²) in [5.41, 5.74) is 4.09. The number of hydrogen-bond acceptors (Lipinski definition) is 2. The predicted octanol–water partition coefficient (Wildman–Crippen LogP) is 2.92. The van der Waals surface area contributed by atoms with Crippen molar-refractivity contribution in [3.05, 3.63) is 58.9 Å². The maximum absolute atomic E-state index is 12.3. The van der Waals surface area contributed by atoms with Crippen molar-refractivity contribution in [1.82, 2.24) is 9.88 Å². The fraction of sp³-hybridized carbons (Fsp3) is 0.389. The number of ether oxygens (including phenoxy) is 1. The molecule has 1 aromatic carbocycles. The Morgan fingerprint density at radius 3 is 2.64 bits per heavy atom. The van der Waals surface area contributed by atoms with Gasteiger partial charge in [-0.2, -0.15) is 0 Å². The van der Waals surface area contributed by atoms with E-state index < -0.39 is 0 Å². The largest absolute Gasteiger partial charge is 0.385 e. The summed E-state index contributed by atoms with van der Waals surface area (Å²) in [7, 11) is 1.67. The van der Waals surface area contributed by atoms with Crippen molar-refractivity contribution in [2.45, 2.75) is 26.8 Å². The van der Waals surface area contributed by atoms with Crippen LogP contribution in [0.2, 0.25) is 0 Å². The first kappa shape index (κ1) is 16.3. The molecule has 0 fully saturated rings. The van der Waals surface area contributed by atoms with Gasteiger partial charge in [0.1, 0.15) is 0 Å². The average molecular weight is 300 g/mol. The number of methoxy groups -OCH3 is 1. The molecule has 0 spiro atoms. The van der Waals surface area contributed by atoms with Gasteiger partial charge in [-0.25, -0.2) is 0 Å². The van der Waals surface area contributed by atoms with Crippen molar-refractivity contribution in [1.29, 1.82) is 0 Å². The molecule has 4 nitrogen and oxygen atoms in total. The third-order valence-corrected chi connectivity index (χ3v) is 3.81. The highest BCUT2D eigenvalue weighted by molar-refractivity contribution is 5.95. The maximum atomic E-state index is 12.3. The quantitative estimate of drug-likeness (QED) is 0.799. The lowest BCUT2D eigenvalue weighted by Crippen LogP contribution is -2.25. The Kier molecular flexibility index (Phi) is 5.78. The van der Waals surface area contributed by atoms with Gasteiger partial charge < -0.3 is 14.6 Å². The van der Waals surface area contributed by atoms with Gasteiger partial charge >= 0.3 is 0 Å². The molecule has 1 N–H and O–H groups in total. The number of carbonyl (C=O) groups excluding carboxylic acids is 1. The second kappa shape index (κ2) is 7.80. The smallest absolute Gasteiger partial charge is 0.253 e. The minimum absolute atomic E-state index is 0.0106. The Morgan fingerprint density at radius 1 is 1.23 bits per heavy atom. The third-order valence-electron chi connectivity index (χ3n) is 3.81. The van der Waals surface area contributed by atoms with Crippen LogP contribution in [0.1, 0.15) is 33.7 Å². The van der Waals surface area contributed by atoms with Crippen LogP contribution in [-0.2, 0) is 11.3 Å². The highest BCUT2D eigenvalue weighted by atomic mass is 16.5. The van der Waals surface area contributed by atoms with Crippen molar-refractivity contribution in [3.63, 3.8) is 0 Å². The number of carbonyl (C=O) groups is 1. The molecule has 0 aliphatic carbocycles. The lowest BCUT2D eigenvalue weighted by Gasteiger charge is -2.10. The van der Waals surface area contributed by atoms with Gasteiger partial charge in [0, 0.05) is 38.2 Å². The van der Waals surface area contributed by atoms with Crippen LogP contribution in [0.5, 0.6) is 0 Å². The monoisotopic (exact) mass is 300 g/mol. The maximum Gasteiger partial charge on any atom is 0.253 e. The summed E-state index contributed by atoms with van der Waals surface area (Å²) < 4.78 is 7.17. The van der Waals surface area contributed by atoms with Gasteiger partial charge in [-0.15, -0.1) is 0 Å². The van der Waals surface area contributed by atoms with E-state index in [0.29, 0.717) is 13.2 Å². The molecule has 1 amide bonds. The molecule has 2 aromatic rings. The predicted molar refractivity (Wildman–Crippen MR) is 88.3 cm³/mol. The van der Waals surface area contributed by atoms with E-state index in [1.54, 1.807) is 7.11 Å². The summed E-state index contributed by atoms with van der Waals surface area (Å²) >= 11 is 0. The first-order chi connectivity index (χ1) is 10.6. The topological polar surface area (TPSA) is 43.3 Å². The van der Waals surface area contributed by atoms with Gasteiger partial charge in [0.2, 0.25) is 0 Å². The van der Waals surface area contributed by atoms with Crippen molar-refractivity contribution in [3.8, 4) is 0 Å². The van der Waals surface area contributed by atoms with E-state index in [9.17, 15) is 4.79 Å². The van der Waals surface area contributed by atoms with Crippen LogP contribution in [0.25, 0.3) is 0 Å². The molecule has 1 heterocycles. The third kappa shape index (κ3) is 3.98. The zero-order valence-corrected chi connectivity index (χ0v) is 13.6. The van der Waals surface area contributed by atoms with Gasteiger partial charge in [-0.1, -0.05) is 30.3 Å². The normalized spacial score (nSPS) is 10.7. The number of hydrogen-bond donors (Lipinski definition) is 1. The average Bonchev–Trinajstić information content (AvgIpc) is 2.81. The SMILES string of the molecule is COCCCNC(=O)c1cc(C)n(Cc2ccccc2)c1C. The van der Waals surface area contributed by atoms with E-state index >= 15 is 0 Å². The lowest BCUT2D eigenvalue weighted by molar-refractivity contribution is 0.0948. The van der Waals surface area contributed by atoms with Crippen LogP contribution in [-0.4, -0.2) is 30.7 Å². The minimum atomic E-state index is -0.0106. The number of aromatic nitrogens is 1. The van der Waals surface area contributed by atoms with E-state index in [1.165, 1.54) is 5.56 Å². The van der Waals surface area contributed by atoms with Crippen LogP contribution >= 0.6 is 0 Å². The Labute approximate surface area is 132 Å². The second-order valence-electron chi connectivity index (χ2n) is 5.46. The molecule has 118 valence electrons. The summed E-state index contributed by atoms with van der Waals surface area (Å²) in [6.45, 7) is 6.12. The summed E-state index contributed by atoms with van der Waals surface area (Å²) in [6, 6.07) is 12.2. The molecule has 0 unspecified atom stereocenters. The van der Waals surface area contributed by atoms with Crippen molar-refractivity contribution >= 4 is 5.91 Å². The van der Waals surface area contributed by atoms with Crippen LogP contribution in [0.4, 0.5) is 0 Å². The number of amides is 1. The van der Waals surface area contributed by atoms with Crippen LogP contribution in [0.3, 0.4) is 0 Å². The summed E-state index contributed by atoms with van der Waals surface area (Å²) in [5, 5.41) is 2.95. The van der Waals surface area contributed by atoms with Crippen molar-refractivity contribution in [2.75, 3.05) is 20.3 Å². The zero-order valence-electron chi connectivity index (χ0n) is 13.6. The van der Waals surface area contributed by atoms with Gasteiger partial charge in [0.25, 0.3) is 5.91 Å². The number of aryl methyl sites for hydroxylation is 1. The van der Waals surface area contributed by atoms with E-state index in [0.717, 1.165) is 29.9 Å². The Balaban J connectivity index is 2.08. The molecular formula is C18H24N2O2. The molecular weight excluding hydrogens is 276 g/mol. The number of rotatable bonds is 7. The standard InChI is InChI=1S/C18H24N2O2/c1-14-12-17(18(21)19-10-7-11-22-3)15(2)20(14)13-16-8-5-4-6-9-16/h4-6,8-9,12H,7,10-11,13H2,1-3H3,(H,19,21). The summed E-state index contributed by atoms with van der Waals surface area (Å²) in [4.78, 5) is 12.3. The number of benzene rings is 1. The Morgan fingerprint density at radius 2 is 1.95 bits per heavy atom. The molecule has 2 rings (SSSR count). The van der Waals surface area contributed by atoms with E-state index in [1.807, 2.05) is 38.1 Å². The highest BCUT2D eigenvalue weighted by Crippen LogP contribution is 2.17. The molecule has 22 heavy (non-hydrogen) atoms. The lowest BCUT2D eigenvalue weighted by atomic mass is 10.2. The fourth-order valence-corrected chi connectivity index (χ4v) is 2.55. The van der Waals surface area contributed by atoms with Crippen molar-refractivity contribution in [2.24, 2.45) is 0 Å². The molecule has 1 aromatic heterocycles. The van der Waals surface area contributed by atoms with Gasteiger partial charge in [-0.05, 0) is 31.9 Å². The van der Waals surface area contributed by atoms with Crippen molar-refractivity contribution < 1.29 is 9.53 Å². The molecule has 0 atom stereocenters. The zero-order chi connectivity index (χ0) is 15.9. The van der Waals surface area contributed by atoms with Gasteiger partial charge in [0.05, 0.1) is 5.56 Å². The van der Waals surface area contributed by atoms with Gasteiger partial charge in [0.15, 0.2) is 0 Å². The first-order valence-electron chi connectivity index (χ1n) is 7.61. The van der Waals surface area contributed by atoms with Crippen LogP contribution in [0, 0.1) is 13.8 Å². The molecule has 0 saturated heterocycles. The summed E-state index contributed by atoms with van der Waals surface area (Å²) in [6.07, 6.45) is 0.824. The second-order valence-corrected chi connectivity index (χ2v) is 5.46. The van der Waals surface area contributed by atoms with Gasteiger partial charge in [-0.3, -0.25) is 4.79 Å². The molecule has 0 saturated carbocycles. The van der Waals surface area contributed by atoms with E-state index in [-0.39, 0.29) is 5.91 Å².